The van der Waals surface area contributed by atoms with E-state index in [1.807, 2.05) is 30.9 Å². The van der Waals surface area contributed by atoms with Crippen molar-refractivity contribution in [1.82, 2.24) is 4.98 Å². The monoisotopic (exact) mass is 267 g/mol. The van der Waals surface area contributed by atoms with Crippen molar-refractivity contribution in [1.29, 1.82) is 0 Å². The minimum Gasteiger partial charge on any atom is -0.389 e. The maximum Gasteiger partial charge on any atom is 0.139 e. The molecule has 0 amide bonds. The van der Waals surface area contributed by atoms with Crippen LogP contribution in [0, 0.1) is 6.92 Å². The van der Waals surface area contributed by atoms with Crippen LogP contribution in [-0.4, -0.2) is 34.1 Å². The summed E-state index contributed by atoms with van der Waals surface area (Å²) in [4.78, 5) is 7.24. The highest BCUT2D eigenvalue weighted by Gasteiger charge is 2.23. The predicted molar refractivity (Wildman–Crippen MR) is 79.0 cm³/mol. The first-order chi connectivity index (χ1) is 8.11. The Morgan fingerprint density at radius 3 is 3.06 bits per heavy atom. The Bertz CT molecular complexity index is 434. The topological polar surface area (TPSA) is 42.2 Å². The van der Waals surface area contributed by atoms with Crippen LogP contribution in [0.3, 0.4) is 0 Å². The van der Waals surface area contributed by atoms with Crippen LogP contribution in [0.5, 0.6) is 0 Å². The fraction of sp³-hybridized carbons (Fsp3) is 0.500. The minimum atomic E-state index is 0.441. The van der Waals surface area contributed by atoms with Gasteiger partial charge in [0, 0.05) is 30.3 Å². The highest BCUT2D eigenvalue weighted by atomic mass is 32.2. The second-order valence-corrected chi connectivity index (χ2v) is 5.90. The van der Waals surface area contributed by atoms with Gasteiger partial charge in [-0.3, -0.25) is 0 Å². The van der Waals surface area contributed by atoms with Crippen LogP contribution >= 0.6 is 24.0 Å². The van der Waals surface area contributed by atoms with Gasteiger partial charge >= 0.3 is 0 Å². The molecule has 1 atom stereocenters. The van der Waals surface area contributed by atoms with Gasteiger partial charge in [-0.2, -0.15) is 11.8 Å². The summed E-state index contributed by atoms with van der Waals surface area (Å²) in [6, 6.07) is 2.44. The van der Waals surface area contributed by atoms with Crippen molar-refractivity contribution in [3.63, 3.8) is 0 Å². The van der Waals surface area contributed by atoms with Gasteiger partial charge in [0.2, 0.25) is 0 Å². The first kappa shape index (κ1) is 12.6. The van der Waals surface area contributed by atoms with Crippen molar-refractivity contribution in [2.45, 2.75) is 19.9 Å². The summed E-state index contributed by atoms with van der Waals surface area (Å²) in [6.07, 6.45) is 1.83. The first-order valence-electron chi connectivity index (χ1n) is 5.71. The van der Waals surface area contributed by atoms with Gasteiger partial charge in [0.25, 0.3) is 0 Å². The molecule has 0 radical (unpaired) electrons. The normalized spacial score (nSPS) is 20.4. The fourth-order valence-corrected chi connectivity index (χ4v) is 3.37. The summed E-state index contributed by atoms with van der Waals surface area (Å²) in [5.41, 5.74) is 7.86. The van der Waals surface area contributed by atoms with Crippen LogP contribution in [0.4, 0.5) is 5.82 Å². The highest BCUT2D eigenvalue weighted by Crippen LogP contribution is 2.26. The van der Waals surface area contributed by atoms with Crippen molar-refractivity contribution in [3.05, 3.63) is 23.4 Å². The molecule has 17 heavy (non-hydrogen) atoms. The number of pyridine rings is 1. The van der Waals surface area contributed by atoms with E-state index in [1.54, 1.807) is 0 Å². The van der Waals surface area contributed by atoms with Gasteiger partial charge < -0.3 is 10.6 Å². The van der Waals surface area contributed by atoms with E-state index < -0.39 is 0 Å². The molecular formula is C12H17N3S2. The summed E-state index contributed by atoms with van der Waals surface area (Å²) < 4.78 is 0. The molecule has 1 aliphatic heterocycles. The number of thioether (sulfide) groups is 1. The average molecular weight is 267 g/mol. The summed E-state index contributed by atoms with van der Waals surface area (Å²) in [5.74, 6) is 3.22. The molecule has 92 valence electrons. The standard InChI is InChI=1S/C12H17N3S2/c1-8-3-4-14-12(10(8)11(13)16)15-5-6-17-7-9(15)2/h3-4,9H,5-7H2,1-2H3,(H2,13,16). The molecule has 1 aromatic rings. The molecule has 1 fully saturated rings. The third-order valence-electron chi connectivity index (χ3n) is 3.03. The number of hydrogen-bond acceptors (Lipinski definition) is 4. The van der Waals surface area contributed by atoms with Crippen LogP contribution in [0.2, 0.25) is 0 Å². The Hall–Kier alpha value is -0.810. The zero-order valence-corrected chi connectivity index (χ0v) is 11.8. The van der Waals surface area contributed by atoms with Gasteiger partial charge in [-0.1, -0.05) is 12.2 Å². The van der Waals surface area contributed by atoms with Gasteiger partial charge in [0.1, 0.15) is 10.8 Å². The molecule has 1 saturated heterocycles. The van der Waals surface area contributed by atoms with Crippen molar-refractivity contribution in [3.8, 4) is 0 Å². The number of nitrogens with two attached hydrogens (primary N) is 1. The Labute approximate surface area is 112 Å². The smallest absolute Gasteiger partial charge is 0.139 e. The maximum atomic E-state index is 5.83. The summed E-state index contributed by atoms with van der Waals surface area (Å²) in [6.45, 7) is 5.26. The highest BCUT2D eigenvalue weighted by molar-refractivity contribution is 7.99. The average Bonchev–Trinajstić information content (AvgIpc) is 2.28. The lowest BCUT2D eigenvalue weighted by Gasteiger charge is -2.35. The van der Waals surface area contributed by atoms with Crippen LogP contribution < -0.4 is 10.6 Å². The molecule has 0 bridgehead atoms. The summed E-state index contributed by atoms with van der Waals surface area (Å²) in [7, 11) is 0. The van der Waals surface area contributed by atoms with E-state index in [-0.39, 0.29) is 0 Å². The van der Waals surface area contributed by atoms with E-state index in [0.717, 1.165) is 35.0 Å². The molecule has 1 aromatic heterocycles. The molecule has 0 spiro atoms. The zero-order chi connectivity index (χ0) is 12.4. The summed E-state index contributed by atoms with van der Waals surface area (Å²) >= 11 is 7.14. The molecule has 1 unspecified atom stereocenters. The van der Waals surface area contributed by atoms with E-state index in [9.17, 15) is 0 Å². The fourth-order valence-electron chi connectivity index (χ4n) is 2.11. The minimum absolute atomic E-state index is 0.441. The Kier molecular flexibility index (Phi) is 3.89. The molecule has 2 heterocycles. The number of aryl methyl sites for hydroxylation is 1. The van der Waals surface area contributed by atoms with Gasteiger partial charge in [-0.25, -0.2) is 4.98 Å². The third kappa shape index (κ3) is 2.55. The lowest BCUT2D eigenvalue weighted by Crippen LogP contribution is -2.42. The van der Waals surface area contributed by atoms with Crippen molar-refractivity contribution in [2.75, 3.05) is 23.0 Å². The lowest BCUT2D eigenvalue weighted by atomic mass is 10.1. The molecule has 2 rings (SSSR count). The predicted octanol–water partition coefficient (Wildman–Crippen LogP) is 1.97. The van der Waals surface area contributed by atoms with Crippen LogP contribution in [0.25, 0.3) is 0 Å². The number of nitrogens with zero attached hydrogens (tertiary/aromatic N) is 2. The van der Waals surface area contributed by atoms with E-state index in [1.165, 1.54) is 0 Å². The quantitative estimate of drug-likeness (QED) is 0.830. The number of anilines is 1. The molecular weight excluding hydrogens is 250 g/mol. The van der Waals surface area contributed by atoms with Gasteiger partial charge in [0.15, 0.2) is 0 Å². The molecule has 0 aliphatic carbocycles. The lowest BCUT2D eigenvalue weighted by molar-refractivity contribution is 0.689. The van der Waals surface area contributed by atoms with E-state index in [0.29, 0.717) is 11.0 Å². The molecule has 1 aliphatic rings. The van der Waals surface area contributed by atoms with E-state index in [2.05, 4.69) is 16.8 Å². The van der Waals surface area contributed by atoms with Gasteiger partial charge in [-0.05, 0) is 25.5 Å². The number of rotatable bonds is 2. The van der Waals surface area contributed by atoms with E-state index in [4.69, 9.17) is 18.0 Å². The van der Waals surface area contributed by atoms with Crippen molar-refractivity contribution >= 4 is 34.8 Å². The van der Waals surface area contributed by atoms with Crippen molar-refractivity contribution < 1.29 is 0 Å². The van der Waals surface area contributed by atoms with Crippen LogP contribution in [0.1, 0.15) is 18.1 Å². The first-order valence-corrected chi connectivity index (χ1v) is 7.27. The number of hydrogen-bond donors (Lipinski definition) is 1. The number of thiocarbonyl (C=S) groups is 1. The number of aromatic nitrogens is 1. The zero-order valence-electron chi connectivity index (χ0n) is 10.1. The maximum absolute atomic E-state index is 5.83. The van der Waals surface area contributed by atoms with Crippen LogP contribution in [-0.2, 0) is 0 Å². The Balaban J connectivity index is 2.43. The third-order valence-corrected chi connectivity index (χ3v) is 4.42. The molecule has 0 aromatic carbocycles. The molecule has 5 heteroatoms. The Morgan fingerprint density at radius 2 is 2.41 bits per heavy atom. The summed E-state index contributed by atoms with van der Waals surface area (Å²) in [5, 5.41) is 0. The molecule has 0 saturated carbocycles. The molecule has 2 N–H and O–H groups in total. The van der Waals surface area contributed by atoms with Crippen molar-refractivity contribution in [2.24, 2.45) is 5.73 Å². The van der Waals surface area contributed by atoms with E-state index >= 15 is 0 Å². The Morgan fingerprint density at radius 1 is 1.65 bits per heavy atom. The molecule has 3 nitrogen and oxygen atoms in total. The largest absolute Gasteiger partial charge is 0.389 e. The second kappa shape index (κ2) is 5.23. The SMILES string of the molecule is Cc1ccnc(N2CCSCC2C)c1C(N)=S. The van der Waals surface area contributed by atoms with Gasteiger partial charge in [0.05, 0.1) is 5.56 Å². The van der Waals surface area contributed by atoms with Crippen LogP contribution in [0.15, 0.2) is 12.3 Å². The second-order valence-electron chi connectivity index (χ2n) is 4.31. The van der Waals surface area contributed by atoms with Gasteiger partial charge in [-0.15, -0.1) is 0 Å².